The lowest BCUT2D eigenvalue weighted by molar-refractivity contribution is -0.142. The van der Waals surface area contributed by atoms with E-state index >= 15 is 0 Å². The van der Waals surface area contributed by atoms with Crippen LogP contribution in [0.25, 0.3) is 0 Å². The molecule has 1 N–H and O–H groups in total. The summed E-state index contributed by atoms with van der Waals surface area (Å²) in [6.45, 7) is 6.37. The van der Waals surface area contributed by atoms with Gasteiger partial charge in [-0.2, -0.15) is 0 Å². The van der Waals surface area contributed by atoms with E-state index < -0.39 is 6.04 Å². The number of halogens is 3. The summed E-state index contributed by atoms with van der Waals surface area (Å²) in [5, 5.41) is 3.30. The van der Waals surface area contributed by atoms with Crippen LogP contribution in [0.2, 0.25) is 5.02 Å². The molecule has 0 aromatic heterocycles. The molecule has 0 fully saturated rings. The SMILES string of the molecule is CC(C)CNC(=O)[C@H](C)N(Cc1cccc(Br)c1)C(=O)COc1ccc(Br)cc1Cl. The zero-order valence-corrected chi connectivity index (χ0v) is 21.1. The number of rotatable bonds is 9. The number of nitrogens with one attached hydrogen (secondary N) is 1. The van der Waals surface area contributed by atoms with Crippen LogP contribution in [0.4, 0.5) is 0 Å². The fraction of sp³-hybridized carbons (Fsp3) is 0.364. The second kappa shape index (κ2) is 11.7. The Morgan fingerprint density at radius 1 is 1.10 bits per heavy atom. The molecule has 0 saturated carbocycles. The summed E-state index contributed by atoms with van der Waals surface area (Å²) in [5.74, 6) is 0.223. The zero-order valence-electron chi connectivity index (χ0n) is 17.1. The molecule has 0 unspecified atom stereocenters. The molecule has 30 heavy (non-hydrogen) atoms. The summed E-state index contributed by atoms with van der Waals surface area (Å²) >= 11 is 13.0. The highest BCUT2D eigenvalue weighted by atomic mass is 79.9. The minimum absolute atomic E-state index is 0.200. The number of hydrogen-bond donors (Lipinski definition) is 1. The lowest BCUT2D eigenvalue weighted by atomic mass is 10.1. The maximum atomic E-state index is 13.0. The van der Waals surface area contributed by atoms with Gasteiger partial charge in [0.15, 0.2) is 6.61 Å². The average molecular weight is 561 g/mol. The van der Waals surface area contributed by atoms with E-state index in [0.717, 1.165) is 14.5 Å². The highest BCUT2D eigenvalue weighted by Crippen LogP contribution is 2.27. The van der Waals surface area contributed by atoms with E-state index in [2.05, 4.69) is 37.2 Å². The van der Waals surface area contributed by atoms with Gasteiger partial charge in [-0.15, -0.1) is 0 Å². The molecule has 2 rings (SSSR count). The number of ether oxygens (including phenoxy) is 1. The summed E-state index contributed by atoms with van der Waals surface area (Å²) in [6.07, 6.45) is 0. The Hall–Kier alpha value is -1.57. The molecular formula is C22H25Br2ClN2O3. The van der Waals surface area contributed by atoms with Gasteiger partial charge in [-0.1, -0.05) is 69.4 Å². The predicted octanol–water partition coefficient (Wildman–Crippen LogP) is 5.43. The molecule has 0 saturated heterocycles. The molecule has 5 nitrogen and oxygen atoms in total. The Kier molecular flexibility index (Phi) is 9.65. The van der Waals surface area contributed by atoms with Gasteiger partial charge in [0.05, 0.1) is 5.02 Å². The van der Waals surface area contributed by atoms with E-state index in [1.165, 1.54) is 4.90 Å². The van der Waals surface area contributed by atoms with Gasteiger partial charge in [-0.3, -0.25) is 9.59 Å². The lowest BCUT2D eigenvalue weighted by Crippen LogP contribution is -2.49. The van der Waals surface area contributed by atoms with Crippen LogP contribution in [0.5, 0.6) is 5.75 Å². The predicted molar refractivity (Wildman–Crippen MR) is 127 cm³/mol. The molecule has 2 aromatic carbocycles. The van der Waals surface area contributed by atoms with Crippen molar-refractivity contribution in [3.8, 4) is 5.75 Å². The van der Waals surface area contributed by atoms with Crippen LogP contribution < -0.4 is 10.1 Å². The Morgan fingerprint density at radius 2 is 1.80 bits per heavy atom. The molecule has 0 radical (unpaired) electrons. The number of hydrogen-bond acceptors (Lipinski definition) is 3. The molecule has 2 amide bonds. The summed E-state index contributed by atoms with van der Waals surface area (Å²) in [5.41, 5.74) is 0.905. The lowest BCUT2D eigenvalue weighted by Gasteiger charge is -2.29. The molecule has 0 bridgehead atoms. The first-order chi connectivity index (χ1) is 14.2. The summed E-state index contributed by atoms with van der Waals surface area (Å²) in [7, 11) is 0. The van der Waals surface area contributed by atoms with Gasteiger partial charge in [0.1, 0.15) is 11.8 Å². The van der Waals surface area contributed by atoms with Crippen molar-refractivity contribution in [2.75, 3.05) is 13.2 Å². The van der Waals surface area contributed by atoms with E-state index in [9.17, 15) is 9.59 Å². The standard InChI is InChI=1S/C22H25Br2ClN2O3/c1-14(2)11-26-22(29)15(3)27(12-16-5-4-6-17(23)9-16)21(28)13-30-20-8-7-18(24)10-19(20)25/h4-10,14-15H,11-13H2,1-3H3,(H,26,29)/t15-/m0/s1. The van der Waals surface area contributed by atoms with Crippen molar-refractivity contribution in [2.24, 2.45) is 5.92 Å². The van der Waals surface area contributed by atoms with Gasteiger partial charge in [-0.05, 0) is 48.7 Å². The second-order valence-electron chi connectivity index (χ2n) is 7.33. The Labute approximate surface area is 199 Å². The van der Waals surface area contributed by atoms with E-state index in [-0.39, 0.29) is 25.0 Å². The summed E-state index contributed by atoms with van der Waals surface area (Å²) in [6, 6.07) is 12.2. The Morgan fingerprint density at radius 3 is 2.43 bits per heavy atom. The van der Waals surface area contributed by atoms with E-state index in [0.29, 0.717) is 23.2 Å². The number of benzene rings is 2. The van der Waals surface area contributed by atoms with Crippen molar-refractivity contribution in [3.05, 3.63) is 62.0 Å². The van der Waals surface area contributed by atoms with Gasteiger partial charge in [0, 0.05) is 22.0 Å². The third-order valence-electron chi connectivity index (χ3n) is 4.34. The molecule has 8 heteroatoms. The normalized spacial score (nSPS) is 11.8. The van der Waals surface area contributed by atoms with Crippen molar-refractivity contribution in [1.29, 1.82) is 0 Å². The maximum absolute atomic E-state index is 13.0. The van der Waals surface area contributed by atoms with Crippen LogP contribution in [0.3, 0.4) is 0 Å². The second-order valence-corrected chi connectivity index (χ2v) is 9.57. The summed E-state index contributed by atoms with van der Waals surface area (Å²) < 4.78 is 7.36. The summed E-state index contributed by atoms with van der Waals surface area (Å²) in [4.78, 5) is 27.2. The molecule has 0 spiro atoms. The number of carbonyl (C=O) groups is 2. The topological polar surface area (TPSA) is 58.6 Å². The fourth-order valence-electron chi connectivity index (χ4n) is 2.68. The maximum Gasteiger partial charge on any atom is 0.261 e. The minimum atomic E-state index is -0.653. The average Bonchev–Trinajstić information content (AvgIpc) is 2.68. The highest BCUT2D eigenvalue weighted by Gasteiger charge is 2.26. The molecule has 0 aliphatic carbocycles. The Bertz CT molecular complexity index is 892. The van der Waals surface area contributed by atoms with Crippen LogP contribution in [0.15, 0.2) is 51.4 Å². The van der Waals surface area contributed by atoms with Crippen LogP contribution in [-0.2, 0) is 16.1 Å². The highest BCUT2D eigenvalue weighted by molar-refractivity contribution is 9.10. The minimum Gasteiger partial charge on any atom is -0.482 e. The molecule has 0 aliphatic rings. The molecule has 162 valence electrons. The van der Waals surface area contributed by atoms with Crippen molar-refractivity contribution in [2.45, 2.75) is 33.4 Å². The first kappa shape index (κ1) is 24.7. The fourth-order valence-corrected chi connectivity index (χ4v) is 3.86. The molecule has 2 aromatic rings. The monoisotopic (exact) mass is 558 g/mol. The quantitative estimate of drug-likeness (QED) is 0.445. The van der Waals surface area contributed by atoms with Crippen LogP contribution >= 0.6 is 43.5 Å². The van der Waals surface area contributed by atoms with Crippen molar-refractivity contribution in [1.82, 2.24) is 10.2 Å². The van der Waals surface area contributed by atoms with Gasteiger partial charge in [-0.25, -0.2) is 0 Å². The smallest absolute Gasteiger partial charge is 0.261 e. The van der Waals surface area contributed by atoms with E-state index in [1.807, 2.05) is 38.1 Å². The number of amides is 2. The molecule has 0 aliphatic heterocycles. The van der Waals surface area contributed by atoms with Crippen molar-refractivity contribution in [3.63, 3.8) is 0 Å². The number of carbonyl (C=O) groups excluding carboxylic acids is 2. The zero-order chi connectivity index (χ0) is 22.3. The van der Waals surface area contributed by atoms with E-state index in [1.54, 1.807) is 25.1 Å². The van der Waals surface area contributed by atoms with Crippen LogP contribution in [0.1, 0.15) is 26.3 Å². The number of nitrogens with zero attached hydrogens (tertiary/aromatic N) is 1. The van der Waals surface area contributed by atoms with Crippen LogP contribution in [0, 0.1) is 5.92 Å². The van der Waals surface area contributed by atoms with Gasteiger partial charge in [0.25, 0.3) is 5.91 Å². The molecule has 1 atom stereocenters. The first-order valence-electron chi connectivity index (χ1n) is 9.57. The first-order valence-corrected chi connectivity index (χ1v) is 11.5. The Balaban J connectivity index is 2.15. The molecular weight excluding hydrogens is 536 g/mol. The van der Waals surface area contributed by atoms with Gasteiger partial charge < -0.3 is 15.0 Å². The van der Waals surface area contributed by atoms with Crippen LogP contribution in [-0.4, -0.2) is 35.9 Å². The third kappa shape index (κ3) is 7.60. The van der Waals surface area contributed by atoms with Crippen molar-refractivity contribution >= 4 is 55.3 Å². The largest absolute Gasteiger partial charge is 0.482 e. The van der Waals surface area contributed by atoms with Crippen molar-refractivity contribution < 1.29 is 14.3 Å². The van der Waals surface area contributed by atoms with E-state index in [4.69, 9.17) is 16.3 Å². The third-order valence-corrected chi connectivity index (χ3v) is 5.62. The van der Waals surface area contributed by atoms with Gasteiger partial charge in [0.2, 0.25) is 5.91 Å². The van der Waals surface area contributed by atoms with Gasteiger partial charge >= 0.3 is 0 Å². The molecule has 0 heterocycles.